The molecule has 2 atom stereocenters. The van der Waals surface area contributed by atoms with Crippen LogP contribution >= 0.6 is 0 Å². The molecule has 0 unspecified atom stereocenters. The molecule has 9 heteroatoms. The van der Waals surface area contributed by atoms with E-state index in [0.29, 0.717) is 11.1 Å². The minimum absolute atomic E-state index is 0.169. The van der Waals surface area contributed by atoms with E-state index in [2.05, 4.69) is 5.32 Å². The Labute approximate surface area is 185 Å². The SMILES string of the molecule is COc1cc(C(=O)O[C@H](C(=O)OCC(=O)NCC(C)=O)[C@]2(C)CO2)c2cccc(C)c2c1. The fraction of sp³-hybridized carbons (Fsp3) is 0.391. The number of fused-ring (bicyclic) bond motifs is 1. The number of Topliss-reactive ketones (excluding diaryl/α,β-unsaturated/α-hetero) is 1. The summed E-state index contributed by atoms with van der Waals surface area (Å²) in [6, 6.07) is 8.86. The van der Waals surface area contributed by atoms with Gasteiger partial charge in [-0.3, -0.25) is 9.59 Å². The van der Waals surface area contributed by atoms with E-state index in [-0.39, 0.29) is 24.5 Å². The highest BCUT2D eigenvalue weighted by Crippen LogP contribution is 2.35. The number of aryl methyl sites for hydroxylation is 1. The minimum Gasteiger partial charge on any atom is -0.497 e. The predicted molar refractivity (Wildman–Crippen MR) is 113 cm³/mol. The predicted octanol–water partition coefficient (Wildman–Crippen LogP) is 1.72. The van der Waals surface area contributed by atoms with Gasteiger partial charge in [-0.1, -0.05) is 18.2 Å². The zero-order valence-corrected chi connectivity index (χ0v) is 18.4. The van der Waals surface area contributed by atoms with Gasteiger partial charge >= 0.3 is 11.9 Å². The Morgan fingerprint density at radius 3 is 2.53 bits per heavy atom. The average Bonchev–Trinajstić information content (AvgIpc) is 3.51. The molecule has 2 aromatic carbocycles. The third-order valence-electron chi connectivity index (χ3n) is 5.12. The van der Waals surface area contributed by atoms with Gasteiger partial charge in [0.25, 0.3) is 5.91 Å². The topological polar surface area (TPSA) is 121 Å². The first-order valence-electron chi connectivity index (χ1n) is 9.99. The van der Waals surface area contributed by atoms with E-state index >= 15 is 0 Å². The van der Waals surface area contributed by atoms with Crippen LogP contribution in [0.25, 0.3) is 10.8 Å². The van der Waals surface area contributed by atoms with Gasteiger partial charge < -0.3 is 24.3 Å². The number of carbonyl (C=O) groups is 4. The molecule has 1 aliphatic rings. The minimum atomic E-state index is -1.37. The summed E-state index contributed by atoms with van der Waals surface area (Å²) in [7, 11) is 1.49. The number of amides is 1. The Morgan fingerprint density at radius 2 is 1.91 bits per heavy atom. The number of ketones is 1. The maximum atomic E-state index is 13.1. The maximum absolute atomic E-state index is 13.1. The van der Waals surface area contributed by atoms with E-state index in [1.54, 1.807) is 13.0 Å². The standard InChI is InChI=1S/C23H25NO8/c1-13-6-5-7-16-17(13)8-15(29-4)9-18(16)21(27)32-20(23(3)12-31-23)22(28)30-11-19(26)24-10-14(2)25/h5-9,20H,10-12H2,1-4H3,(H,24,26)/t20-,23+/m1/s1. The van der Waals surface area contributed by atoms with Crippen LogP contribution in [0.5, 0.6) is 5.75 Å². The van der Waals surface area contributed by atoms with Crippen LogP contribution in [0.2, 0.25) is 0 Å². The summed E-state index contributed by atoms with van der Waals surface area (Å²) in [6.07, 6.45) is -1.37. The number of esters is 2. The van der Waals surface area contributed by atoms with Crippen molar-refractivity contribution in [3.05, 3.63) is 41.5 Å². The second kappa shape index (κ2) is 9.35. The number of epoxide rings is 1. The van der Waals surface area contributed by atoms with E-state index in [4.69, 9.17) is 18.9 Å². The van der Waals surface area contributed by atoms with Crippen LogP contribution in [0.4, 0.5) is 0 Å². The van der Waals surface area contributed by atoms with Gasteiger partial charge in [-0.25, -0.2) is 9.59 Å². The lowest BCUT2D eigenvalue weighted by Crippen LogP contribution is -2.42. The molecule has 2 aromatic rings. The molecule has 1 saturated heterocycles. The maximum Gasteiger partial charge on any atom is 0.351 e. The molecule has 170 valence electrons. The van der Waals surface area contributed by atoms with Crippen molar-refractivity contribution >= 4 is 34.4 Å². The van der Waals surface area contributed by atoms with Crippen molar-refractivity contribution in [3.8, 4) is 5.75 Å². The van der Waals surface area contributed by atoms with Crippen molar-refractivity contribution in [1.82, 2.24) is 5.32 Å². The highest BCUT2D eigenvalue weighted by atomic mass is 16.7. The van der Waals surface area contributed by atoms with E-state index in [9.17, 15) is 19.2 Å². The fourth-order valence-corrected chi connectivity index (χ4v) is 3.14. The third-order valence-corrected chi connectivity index (χ3v) is 5.12. The van der Waals surface area contributed by atoms with Crippen LogP contribution in [0.3, 0.4) is 0 Å². The zero-order valence-electron chi connectivity index (χ0n) is 18.4. The molecule has 1 fully saturated rings. The second-order valence-electron chi connectivity index (χ2n) is 7.82. The lowest BCUT2D eigenvalue weighted by atomic mass is 10.00. The number of hydrogen-bond donors (Lipinski definition) is 1. The summed E-state index contributed by atoms with van der Waals surface area (Å²) in [4.78, 5) is 48.4. The molecule has 32 heavy (non-hydrogen) atoms. The number of ether oxygens (including phenoxy) is 4. The fourth-order valence-electron chi connectivity index (χ4n) is 3.14. The number of carbonyl (C=O) groups excluding carboxylic acids is 4. The Hall–Kier alpha value is -3.46. The molecule has 1 aliphatic heterocycles. The first-order chi connectivity index (χ1) is 15.1. The Balaban J connectivity index is 1.79. The molecule has 0 radical (unpaired) electrons. The number of methoxy groups -OCH3 is 1. The van der Waals surface area contributed by atoms with Crippen molar-refractivity contribution in [2.45, 2.75) is 32.5 Å². The molecular weight excluding hydrogens is 418 g/mol. The molecule has 0 saturated carbocycles. The van der Waals surface area contributed by atoms with Crippen LogP contribution in [0.1, 0.15) is 29.8 Å². The number of rotatable bonds is 9. The van der Waals surface area contributed by atoms with E-state index in [0.717, 1.165) is 10.9 Å². The van der Waals surface area contributed by atoms with Crippen LogP contribution < -0.4 is 10.1 Å². The zero-order chi connectivity index (χ0) is 23.5. The highest BCUT2D eigenvalue weighted by Gasteiger charge is 2.54. The van der Waals surface area contributed by atoms with Crippen molar-refractivity contribution in [2.75, 3.05) is 26.9 Å². The van der Waals surface area contributed by atoms with Crippen LogP contribution in [-0.4, -0.2) is 62.2 Å². The third kappa shape index (κ3) is 5.23. The van der Waals surface area contributed by atoms with Gasteiger partial charge in [0.05, 0.1) is 25.8 Å². The first kappa shape index (κ1) is 23.2. The molecule has 1 amide bonds. The van der Waals surface area contributed by atoms with Gasteiger partial charge in [0.15, 0.2) is 6.61 Å². The van der Waals surface area contributed by atoms with Crippen LogP contribution in [-0.2, 0) is 28.6 Å². The molecular formula is C23H25NO8. The summed E-state index contributed by atoms with van der Waals surface area (Å²) in [5.41, 5.74) is 0.123. The van der Waals surface area contributed by atoms with Gasteiger partial charge in [-0.05, 0) is 49.2 Å². The summed E-state index contributed by atoms with van der Waals surface area (Å²) in [6.45, 7) is 4.24. The molecule has 9 nitrogen and oxygen atoms in total. The van der Waals surface area contributed by atoms with E-state index in [1.807, 2.05) is 25.1 Å². The lowest BCUT2D eigenvalue weighted by Gasteiger charge is -2.20. The van der Waals surface area contributed by atoms with Crippen LogP contribution in [0, 0.1) is 6.92 Å². The number of benzene rings is 2. The largest absolute Gasteiger partial charge is 0.497 e. The van der Waals surface area contributed by atoms with Gasteiger partial charge in [0, 0.05) is 0 Å². The van der Waals surface area contributed by atoms with Crippen molar-refractivity contribution in [3.63, 3.8) is 0 Å². The number of hydrogen-bond acceptors (Lipinski definition) is 8. The molecule has 1 heterocycles. The molecule has 3 rings (SSSR count). The number of nitrogens with one attached hydrogen (secondary N) is 1. The molecule has 0 aromatic heterocycles. The molecule has 0 bridgehead atoms. The monoisotopic (exact) mass is 443 g/mol. The van der Waals surface area contributed by atoms with Crippen molar-refractivity contribution in [1.29, 1.82) is 0 Å². The van der Waals surface area contributed by atoms with Gasteiger partial charge in [-0.15, -0.1) is 0 Å². The van der Waals surface area contributed by atoms with Gasteiger partial charge in [0.1, 0.15) is 17.1 Å². The second-order valence-corrected chi connectivity index (χ2v) is 7.82. The average molecular weight is 443 g/mol. The summed E-state index contributed by atoms with van der Waals surface area (Å²) in [5, 5.41) is 3.78. The van der Waals surface area contributed by atoms with E-state index in [1.165, 1.54) is 20.1 Å². The molecule has 0 aliphatic carbocycles. The summed E-state index contributed by atoms with van der Waals surface area (Å²) < 4.78 is 21.1. The molecule has 0 spiro atoms. The Morgan fingerprint density at radius 1 is 1.19 bits per heavy atom. The normalized spacial score (nSPS) is 17.9. The summed E-state index contributed by atoms with van der Waals surface area (Å²) in [5.74, 6) is -2.08. The first-order valence-corrected chi connectivity index (χ1v) is 9.99. The Bertz CT molecular complexity index is 1070. The highest BCUT2D eigenvalue weighted by molar-refractivity contribution is 6.06. The van der Waals surface area contributed by atoms with Gasteiger partial charge in [-0.2, -0.15) is 0 Å². The lowest BCUT2D eigenvalue weighted by molar-refractivity contribution is -0.160. The van der Waals surface area contributed by atoms with Gasteiger partial charge in [0.2, 0.25) is 6.10 Å². The smallest absolute Gasteiger partial charge is 0.351 e. The Kier molecular flexibility index (Phi) is 6.78. The van der Waals surface area contributed by atoms with Crippen molar-refractivity contribution in [2.24, 2.45) is 0 Å². The summed E-state index contributed by atoms with van der Waals surface area (Å²) >= 11 is 0. The van der Waals surface area contributed by atoms with Crippen molar-refractivity contribution < 1.29 is 38.1 Å². The quantitative estimate of drug-likeness (QED) is 0.459. The van der Waals surface area contributed by atoms with Crippen LogP contribution in [0.15, 0.2) is 30.3 Å². The molecule has 1 N–H and O–H groups in total. The van der Waals surface area contributed by atoms with E-state index < -0.39 is 36.2 Å².